The average Bonchev–Trinajstić information content (AvgIpc) is 2.98. The summed E-state index contributed by atoms with van der Waals surface area (Å²) in [5.74, 6) is 1.60. The molecule has 0 spiro atoms. The zero-order valence-corrected chi connectivity index (χ0v) is 22.8. The van der Waals surface area contributed by atoms with Crippen LogP contribution in [0.3, 0.4) is 0 Å². The Hall–Kier alpha value is -3.24. The molecule has 4 rings (SSSR count). The van der Waals surface area contributed by atoms with E-state index < -0.39 is 0 Å². The van der Waals surface area contributed by atoms with Gasteiger partial charge in [-0.3, -0.25) is 0 Å². The fourth-order valence-corrected chi connectivity index (χ4v) is 4.17. The highest BCUT2D eigenvalue weighted by molar-refractivity contribution is 5.85. The summed E-state index contributed by atoms with van der Waals surface area (Å²) in [6, 6.07) is 24.3. The highest BCUT2D eigenvalue weighted by atomic mass is 16.6. The summed E-state index contributed by atoms with van der Waals surface area (Å²) in [6.45, 7) is 4.56. The van der Waals surface area contributed by atoms with Gasteiger partial charge in [0.25, 0.3) is 0 Å². The fraction of sp³-hybridized carbons (Fsp3) is 0.375. The van der Waals surface area contributed by atoms with Crippen LogP contribution in [0, 0.1) is 0 Å². The molecule has 0 amide bonds. The van der Waals surface area contributed by atoms with Crippen LogP contribution < -0.4 is 9.47 Å². The molecule has 0 bridgehead atoms. The van der Waals surface area contributed by atoms with E-state index in [1.54, 1.807) is 0 Å². The Balaban J connectivity index is 1.05. The SMILES string of the molecule is OCCOCc1ccc2cc(OCCOCCOCCOc3ccc4cc(COCCO)ccc4c3)ccc2c1. The molecule has 40 heavy (non-hydrogen) atoms. The lowest BCUT2D eigenvalue weighted by atomic mass is 10.1. The largest absolute Gasteiger partial charge is 0.491 e. The molecule has 0 saturated carbocycles. The van der Waals surface area contributed by atoms with E-state index in [9.17, 15) is 0 Å². The fourth-order valence-electron chi connectivity index (χ4n) is 4.17. The lowest BCUT2D eigenvalue weighted by Crippen LogP contribution is -2.13. The molecule has 0 aliphatic heterocycles. The van der Waals surface area contributed by atoms with Crippen molar-refractivity contribution in [2.24, 2.45) is 0 Å². The molecule has 0 radical (unpaired) electrons. The number of hydrogen-bond acceptors (Lipinski definition) is 8. The van der Waals surface area contributed by atoms with E-state index in [1.165, 1.54) is 0 Å². The minimum atomic E-state index is 0.0277. The maximum atomic E-state index is 8.83. The highest BCUT2D eigenvalue weighted by Crippen LogP contribution is 2.23. The van der Waals surface area contributed by atoms with Crippen LogP contribution in [-0.4, -0.2) is 76.3 Å². The molecule has 0 saturated heterocycles. The van der Waals surface area contributed by atoms with Gasteiger partial charge in [0.2, 0.25) is 0 Å². The summed E-state index contributed by atoms with van der Waals surface area (Å²) in [7, 11) is 0. The second-order valence-corrected chi connectivity index (χ2v) is 9.16. The summed E-state index contributed by atoms with van der Waals surface area (Å²) < 4.78 is 33.7. The lowest BCUT2D eigenvalue weighted by Gasteiger charge is -2.10. The zero-order chi connectivity index (χ0) is 27.8. The monoisotopic (exact) mass is 550 g/mol. The molecule has 2 N–H and O–H groups in total. The van der Waals surface area contributed by atoms with Gasteiger partial charge in [0.15, 0.2) is 0 Å². The predicted octanol–water partition coefficient (Wildman–Crippen LogP) is 4.50. The summed E-state index contributed by atoms with van der Waals surface area (Å²) >= 11 is 0. The van der Waals surface area contributed by atoms with Gasteiger partial charge in [0.05, 0.1) is 66.1 Å². The maximum Gasteiger partial charge on any atom is 0.120 e. The lowest BCUT2D eigenvalue weighted by molar-refractivity contribution is 0.0274. The molecule has 4 aromatic rings. The maximum absolute atomic E-state index is 8.83. The van der Waals surface area contributed by atoms with Gasteiger partial charge in [-0.2, -0.15) is 0 Å². The van der Waals surface area contributed by atoms with Crippen molar-refractivity contribution in [2.75, 3.05) is 66.1 Å². The van der Waals surface area contributed by atoms with Crippen molar-refractivity contribution in [2.45, 2.75) is 13.2 Å². The third-order valence-electron chi connectivity index (χ3n) is 6.13. The van der Waals surface area contributed by atoms with Crippen molar-refractivity contribution in [1.82, 2.24) is 0 Å². The molecule has 0 atom stereocenters. The van der Waals surface area contributed by atoms with E-state index in [1.807, 2.05) is 60.7 Å². The first-order valence-electron chi connectivity index (χ1n) is 13.6. The van der Waals surface area contributed by atoms with Crippen LogP contribution in [0.1, 0.15) is 11.1 Å². The van der Waals surface area contributed by atoms with Gasteiger partial charge < -0.3 is 38.6 Å². The first-order valence-corrected chi connectivity index (χ1v) is 13.6. The molecule has 0 unspecified atom stereocenters. The number of aliphatic hydroxyl groups excluding tert-OH is 2. The highest BCUT2D eigenvalue weighted by Gasteiger charge is 2.03. The summed E-state index contributed by atoms with van der Waals surface area (Å²) in [5, 5.41) is 22.1. The molecule has 0 fully saturated rings. The Morgan fingerprint density at radius 2 is 0.800 bits per heavy atom. The average molecular weight is 551 g/mol. The second kappa shape index (κ2) is 16.8. The van der Waals surface area contributed by atoms with Crippen LogP contribution >= 0.6 is 0 Å². The molecular formula is C32H38O8. The van der Waals surface area contributed by atoms with Gasteiger partial charge in [0, 0.05) is 0 Å². The minimum absolute atomic E-state index is 0.0277. The normalized spacial score (nSPS) is 11.3. The third kappa shape index (κ3) is 9.75. The van der Waals surface area contributed by atoms with Gasteiger partial charge in [-0.1, -0.05) is 36.4 Å². The van der Waals surface area contributed by atoms with Gasteiger partial charge in [-0.25, -0.2) is 0 Å². The van der Waals surface area contributed by atoms with Crippen molar-refractivity contribution in [1.29, 1.82) is 0 Å². The van der Waals surface area contributed by atoms with Crippen molar-refractivity contribution >= 4 is 21.5 Å². The Labute approximate surface area is 235 Å². The summed E-state index contributed by atoms with van der Waals surface area (Å²) in [5.41, 5.74) is 2.14. The topological polar surface area (TPSA) is 95.8 Å². The number of hydrogen-bond donors (Lipinski definition) is 2. The molecule has 8 heteroatoms. The third-order valence-corrected chi connectivity index (χ3v) is 6.13. The predicted molar refractivity (Wildman–Crippen MR) is 154 cm³/mol. The van der Waals surface area contributed by atoms with Gasteiger partial charge in [-0.05, 0) is 69.1 Å². The van der Waals surface area contributed by atoms with Gasteiger partial charge in [0.1, 0.15) is 24.7 Å². The van der Waals surface area contributed by atoms with Crippen LogP contribution in [0.4, 0.5) is 0 Å². The van der Waals surface area contributed by atoms with Crippen LogP contribution in [-0.2, 0) is 32.2 Å². The van der Waals surface area contributed by atoms with Crippen molar-refractivity contribution in [3.63, 3.8) is 0 Å². The smallest absolute Gasteiger partial charge is 0.120 e. The zero-order valence-electron chi connectivity index (χ0n) is 22.8. The van der Waals surface area contributed by atoms with E-state index in [4.69, 9.17) is 38.6 Å². The molecule has 0 aliphatic carbocycles. The quantitative estimate of drug-likeness (QED) is 0.165. The second-order valence-electron chi connectivity index (χ2n) is 9.16. The van der Waals surface area contributed by atoms with Crippen LogP contribution in [0.25, 0.3) is 21.5 Å². The van der Waals surface area contributed by atoms with Gasteiger partial charge in [-0.15, -0.1) is 0 Å². The van der Waals surface area contributed by atoms with Crippen LogP contribution in [0.2, 0.25) is 0 Å². The van der Waals surface area contributed by atoms with Crippen LogP contribution in [0.15, 0.2) is 72.8 Å². The number of aliphatic hydroxyl groups is 2. The van der Waals surface area contributed by atoms with E-state index in [0.717, 1.165) is 44.2 Å². The minimum Gasteiger partial charge on any atom is -0.491 e. The number of benzene rings is 4. The Morgan fingerprint density at radius 1 is 0.400 bits per heavy atom. The summed E-state index contributed by atoms with van der Waals surface area (Å²) in [4.78, 5) is 0. The van der Waals surface area contributed by atoms with Crippen LogP contribution in [0.5, 0.6) is 11.5 Å². The standard InChI is InChI=1S/C32H38O8/c33-9-11-37-23-25-1-3-29-21-31(7-5-27(29)19-25)39-17-15-35-13-14-36-16-18-40-32-8-6-28-20-26(24-38-12-10-34)2-4-30(28)22-32/h1-8,19-22,33-34H,9-18,23-24H2. The van der Waals surface area contributed by atoms with Gasteiger partial charge >= 0.3 is 0 Å². The van der Waals surface area contributed by atoms with E-state index in [2.05, 4.69) is 12.1 Å². The first-order chi connectivity index (χ1) is 19.7. The Morgan fingerprint density at radius 3 is 1.25 bits per heavy atom. The van der Waals surface area contributed by atoms with E-state index in [0.29, 0.717) is 66.1 Å². The molecule has 214 valence electrons. The van der Waals surface area contributed by atoms with Crippen molar-refractivity contribution < 1.29 is 38.6 Å². The molecule has 8 nitrogen and oxygen atoms in total. The molecule has 0 aromatic heterocycles. The number of rotatable bonds is 19. The van der Waals surface area contributed by atoms with E-state index >= 15 is 0 Å². The number of fused-ring (bicyclic) bond motifs is 2. The first kappa shape index (κ1) is 29.7. The Kier molecular flexibility index (Phi) is 12.5. The molecule has 0 heterocycles. The molecule has 4 aromatic carbocycles. The molecule has 0 aliphatic rings. The number of ether oxygens (including phenoxy) is 6. The molecular weight excluding hydrogens is 512 g/mol. The van der Waals surface area contributed by atoms with E-state index in [-0.39, 0.29) is 13.2 Å². The van der Waals surface area contributed by atoms with Crippen molar-refractivity contribution in [3.05, 3.63) is 83.9 Å². The Bertz CT molecular complexity index is 1210. The van der Waals surface area contributed by atoms with Crippen molar-refractivity contribution in [3.8, 4) is 11.5 Å². The summed E-state index contributed by atoms with van der Waals surface area (Å²) in [6.07, 6.45) is 0.